The number of hydrogen-bond acceptors (Lipinski definition) is 4. The second-order valence-corrected chi connectivity index (χ2v) is 7.05. The standard InChI is InChI=1S/C20H19BrN2O4/c1-2-27-20(26)16-5-3-4-6-17(16)22-19(25)13-11-18(24)23(12-13)15-9-7-14(21)8-10-15/h3-10,13H,2,11-12H2,1H3,(H,22,25)/t13-/m0/s1. The summed E-state index contributed by atoms with van der Waals surface area (Å²) < 4.78 is 5.94. The van der Waals surface area contributed by atoms with Crippen molar-refractivity contribution in [1.29, 1.82) is 0 Å². The van der Waals surface area contributed by atoms with E-state index >= 15 is 0 Å². The van der Waals surface area contributed by atoms with Crippen LogP contribution >= 0.6 is 15.9 Å². The molecule has 2 aromatic carbocycles. The minimum absolute atomic E-state index is 0.101. The van der Waals surface area contributed by atoms with Crippen LogP contribution in [-0.2, 0) is 14.3 Å². The van der Waals surface area contributed by atoms with E-state index in [1.54, 1.807) is 36.1 Å². The van der Waals surface area contributed by atoms with Crippen LogP contribution in [-0.4, -0.2) is 30.9 Å². The summed E-state index contributed by atoms with van der Waals surface area (Å²) in [5.41, 5.74) is 1.43. The summed E-state index contributed by atoms with van der Waals surface area (Å²) in [4.78, 5) is 38.7. The average molecular weight is 431 g/mol. The molecule has 1 atom stereocenters. The van der Waals surface area contributed by atoms with Crippen molar-refractivity contribution in [3.8, 4) is 0 Å². The Morgan fingerprint density at radius 2 is 1.89 bits per heavy atom. The van der Waals surface area contributed by atoms with E-state index in [2.05, 4.69) is 21.2 Å². The van der Waals surface area contributed by atoms with Gasteiger partial charge in [0.25, 0.3) is 0 Å². The minimum atomic E-state index is -0.493. The molecule has 0 aliphatic carbocycles. The van der Waals surface area contributed by atoms with Crippen LogP contribution in [0.15, 0.2) is 53.0 Å². The first kappa shape index (κ1) is 19.1. The summed E-state index contributed by atoms with van der Waals surface area (Å²) in [6.45, 7) is 2.27. The van der Waals surface area contributed by atoms with Crippen LogP contribution in [0.4, 0.5) is 11.4 Å². The second kappa shape index (κ2) is 8.35. The van der Waals surface area contributed by atoms with E-state index in [1.807, 2.05) is 24.3 Å². The maximum Gasteiger partial charge on any atom is 0.340 e. The summed E-state index contributed by atoms with van der Waals surface area (Å²) in [5, 5.41) is 2.77. The van der Waals surface area contributed by atoms with Crippen molar-refractivity contribution < 1.29 is 19.1 Å². The SMILES string of the molecule is CCOC(=O)c1ccccc1NC(=O)[C@H]1CC(=O)N(c2ccc(Br)cc2)C1. The Bertz CT molecular complexity index is 867. The minimum Gasteiger partial charge on any atom is -0.462 e. The van der Waals surface area contributed by atoms with Crippen molar-refractivity contribution >= 4 is 45.1 Å². The predicted octanol–water partition coefficient (Wildman–Crippen LogP) is 3.62. The van der Waals surface area contributed by atoms with Gasteiger partial charge in [0.1, 0.15) is 0 Å². The lowest BCUT2D eigenvalue weighted by molar-refractivity contribution is -0.122. The van der Waals surface area contributed by atoms with Gasteiger partial charge in [-0.2, -0.15) is 0 Å². The Labute approximate surface area is 165 Å². The Balaban J connectivity index is 1.72. The van der Waals surface area contributed by atoms with Crippen molar-refractivity contribution in [3.63, 3.8) is 0 Å². The smallest absolute Gasteiger partial charge is 0.340 e. The lowest BCUT2D eigenvalue weighted by Crippen LogP contribution is -2.28. The van der Waals surface area contributed by atoms with Crippen LogP contribution in [0.25, 0.3) is 0 Å². The molecule has 1 saturated heterocycles. The molecule has 0 unspecified atom stereocenters. The van der Waals surface area contributed by atoms with E-state index in [1.165, 1.54) is 0 Å². The fourth-order valence-corrected chi connectivity index (χ4v) is 3.23. The molecular weight excluding hydrogens is 412 g/mol. The van der Waals surface area contributed by atoms with Gasteiger partial charge in [0, 0.05) is 23.1 Å². The van der Waals surface area contributed by atoms with E-state index in [-0.39, 0.29) is 24.8 Å². The normalized spacial score (nSPS) is 16.3. The number of nitrogens with one attached hydrogen (secondary N) is 1. The molecule has 1 heterocycles. The molecule has 0 spiro atoms. The highest BCUT2D eigenvalue weighted by Gasteiger charge is 2.35. The van der Waals surface area contributed by atoms with Gasteiger partial charge in [-0.25, -0.2) is 4.79 Å². The van der Waals surface area contributed by atoms with E-state index in [0.717, 1.165) is 10.2 Å². The van der Waals surface area contributed by atoms with Gasteiger partial charge in [0.05, 0.1) is 23.8 Å². The molecule has 0 aromatic heterocycles. The third kappa shape index (κ3) is 4.36. The van der Waals surface area contributed by atoms with Crippen LogP contribution in [0, 0.1) is 5.92 Å². The number of anilines is 2. The molecule has 27 heavy (non-hydrogen) atoms. The zero-order valence-electron chi connectivity index (χ0n) is 14.8. The third-order valence-electron chi connectivity index (χ3n) is 4.31. The number of esters is 1. The van der Waals surface area contributed by atoms with E-state index in [0.29, 0.717) is 17.8 Å². The molecule has 0 radical (unpaired) electrons. The largest absolute Gasteiger partial charge is 0.462 e. The zero-order chi connectivity index (χ0) is 19.4. The van der Waals surface area contributed by atoms with Crippen molar-refractivity contribution in [3.05, 3.63) is 58.6 Å². The first-order valence-corrected chi connectivity index (χ1v) is 9.42. The van der Waals surface area contributed by atoms with Gasteiger partial charge >= 0.3 is 5.97 Å². The average Bonchev–Trinajstić information content (AvgIpc) is 3.05. The number of para-hydroxylation sites is 1. The Morgan fingerprint density at radius 3 is 2.59 bits per heavy atom. The van der Waals surface area contributed by atoms with Crippen LogP contribution in [0.2, 0.25) is 0 Å². The molecule has 1 aliphatic heterocycles. The summed E-state index contributed by atoms with van der Waals surface area (Å²) in [6, 6.07) is 14.0. The van der Waals surface area contributed by atoms with Gasteiger partial charge in [0.2, 0.25) is 11.8 Å². The first-order chi connectivity index (χ1) is 13.0. The highest BCUT2D eigenvalue weighted by atomic mass is 79.9. The van der Waals surface area contributed by atoms with Crippen molar-refractivity contribution in [2.24, 2.45) is 5.92 Å². The highest BCUT2D eigenvalue weighted by molar-refractivity contribution is 9.10. The van der Waals surface area contributed by atoms with Gasteiger partial charge in [-0.3, -0.25) is 9.59 Å². The molecule has 1 aliphatic rings. The number of benzene rings is 2. The zero-order valence-corrected chi connectivity index (χ0v) is 16.4. The Hall–Kier alpha value is -2.67. The van der Waals surface area contributed by atoms with Crippen LogP contribution in [0.3, 0.4) is 0 Å². The maximum atomic E-state index is 12.7. The molecule has 1 fully saturated rings. The summed E-state index contributed by atoms with van der Waals surface area (Å²) in [5.74, 6) is -1.38. The van der Waals surface area contributed by atoms with Crippen LogP contribution in [0.5, 0.6) is 0 Å². The number of amides is 2. The topological polar surface area (TPSA) is 75.7 Å². The van der Waals surface area contributed by atoms with Gasteiger partial charge in [-0.1, -0.05) is 28.1 Å². The number of carbonyl (C=O) groups is 3. The molecule has 2 aromatic rings. The van der Waals surface area contributed by atoms with Crippen molar-refractivity contribution in [2.75, 3.05) is 23.4 Å². The second-order valence-electron chi connectivity index (χ2n) is 6.14. The van der Waals surface area contributed by atoms with Crippen LogP contribution in [0.1, 0.15) is 23.7 Å². The lowest BCUT2D eigenvalue weighted by Gasteiger charge is -2.17. The molecule has 0 saturated carbocycles. The quantitative estimate of drug-likeness (QED) is 0.734. The van der Waals surface area contributed by atoms with E-state index in [4.69, 9.17) is 4.74 Å². The predicted molar refractivity (Wildman–Crippen MR) is 106 cm³/mol. The molecule has 2 amide bonds. The maximum absolute atomic E-state index is 12.7. The monoisotopic (exact) mass is 430 g/mol. The molecule has 3 rings (SSSR count). The molecule has 140 valence electrons. The number of carbonyl (C=O) groups excluding carboxylic acids is 3. The van der Waals surface area contributed by atoms with Crippen molar-refractivity contribution in [2.45, 2.75) is 13.3 Å². The fraction of sp³-hybridized carbons (Fsp3) is 0.250. The molecule has 1 N–H and O–H groups in total. The number of hydrogen-bond donors (Lipinski definition) is 1. The van der Waals surface area contributed by atoms with E-state index in [9.17, 15) is 14.4 Å². The first-order valence-electron chi connectivity index (χ1n) is 8.62. The number of rotatable bonds is 5. The highest BCUT2D eigenvalue weighted by Crippen LogP contribution is 2.27. The number of nitrogens with zero attached hydrogens (tertiary/aromatic N) is 1. The Kier molecular flexibility index (Phi) is 5.91. The van der Waals surface area contributed by atoms with Crippen molar-refractivity contribution in [1.82, 2.24) is 0 Å². The van der Waals surface area contributed by atoms with Gasteiger partial charge < -0.3 is 15.0 Å². The van der Waals surface area contributed by atoms with Gasteiger partial charge in [-0.05, 0) is 43.3 Å². The van der Waals surface area contributed by atoms with Gasteiger partial charge in [-0.15, -0.1) is 0 Å². The summed E-state index contributed by atoms with van der Waals surface area (Å²) in [7, 11) is 0. The molecule has 0 bridgehead atoms. The summed E-state index contributed by atoms with van der Waals surface area (Å²) >= 11 is 3.37. The molecular formula is C20H19BrN2O4. The number of halogens is 1. The van der Waals surface area contributed by atoms with Crippen LogP contribution < -0.4 is 10.2 Å². The lowest BCUT2D eigenvalue weighted by atomic mass is 10.1. The van der Waals surface area contributed by atoms with Gasteiger partial charge in [0.15, 0.2) is 0 Å². The van der Waals surface area contributed by atoms with E-state index < -0.39 is 11.9 Å². The Morgan fingerprint density at radius 1 is 1.19 bits per heavy atom. The fourth-order valence-electron chi connectivity index (χ4n) is 2.97. The molecule has 6 nitrogen and oxygen atoms in total. The molecule has 7 heteroatoms. The summed E-state index contributed by atoms with van der Waals surface area (Å²) in [6.07, 6.45) is 0.128. The number of ether oxygens (including phenoxy) is 1. The third-order valence-corrected chi connectivity index (χ3v) is 4.84.